The zero-order valence-electron chi connectivity index (χ0n) is 14.6. The number of carbonyl (C=O) groups is 1. The Morgan fingerprint density at radius 2 is 1.89 bits per heavy atom. The average Bonchev–Trinajstić information content (AvgIpc) is 3.06. The van der Waals surface area contributed by atoms with Gasteiger partial charge in [0.05, 0.1) is 17.4 Å². The second-order valence-corrected chi connectivity index (χ2v) is 6.33. The molecule has 1 amide bonds. The molecule has 27 heavy (non-hydrogen) atoms. The van der Waals surface area contributed by atoms with Crippen molar-refractivity contribution in [1.82, 2.24) is 15.3 Å². The molecule has 2 N–H and O–H groups in total. The SMILES string of the molecule is O=C(/C=C/c1cc2c(cn1)[nH]c1ccccc12)NCCc1ccc(F)cc1. The maximum Gasteiger partial charge on any atom is 0.244 e. The van der Waals surface area contributed by atoms with Crippen molar-refractivity contribution < 1.29 is 9.18 Å². The largest absolute Gasteiger partial charge is 0.353 e. The van der Waals surface area contributed by atoms with E-state index in [1.165, 1.54) is 18.2 Å². The molecule has 0 aliphatic rings. The molecule has 2 heterocycles. The van der Waals surface area contributed by atoms with E-state index in [1.54, 1.807) is 24.4 Å². The predicted molar refractivity (Wildman–Crippen MR) is 106 cm³/mol. The van der Waals surface area contributed by atoms with Crippen LogP contribution in [-0.2, 0) is 11.2 Å². The van der Waals surface area contributed by atoms with Gasteiger partial charge in [-0.1, -0.05) is 30.3 Å². The van der Waals surface area contributed by atoms with Crippen LogP contribution in [-0.4, -0.2) is 22.4 Å². The summed E-state index contributed by atoms with van der Waals surface area (Å²) in [7, 11) is 0. The Hall–Kier alpha value is -3.47. The predicted octanol–water partition coefficient (Wildman–Crippen LogP) is 4.23. The van der Waals surface area contributed by atoms with Gasteiger partial charge >= 0.3 is 0 Å². The summed E-state index contributed by atoms with van der Waals surface area (Å²) in [5, 5.41) is 5.04. The minimum atomic E-state index is -0.259. The van der Waals surface area contributed by atoms with Crippen LogP contribution < -0.4 is 5.32 Å². The number of rotatable bonds is 5. The highest BCUT2D eigenvalue weighted by Gasteiger charge is 2.04. The van der Waals surface area contributed by atoms with Crippen LogP contribution in [0.4, 0.5) is 4.39 Å². The van der Waals surface area contributed by atoms with E-state index in [0.717, 1.165) is 33.1 Å². The molecule has 2 aromatic heterocycles. The molecule has 0 radical (unpaired) electrons. The van der Waals surface area contributed by atoms with Crippen LogP contribution in [0.15, 0.2) is 66.9 Å². The Morgan fingerprint density at radius 1 is 1.07 bits per heavy atom. The molecule has 0 saturated carbocycles. The summed E-state index contributed by atoms with van der Waals surface area (Å²) in [5.74, 6) is -0.441. The lowest BCUT2D eigenvalue weighted by Crippen LogP contribution is -2.23. The van der Waals surface area contributed by atoms with Gasteiger partial charge in [0.25, 0.3) is 0 Å². The maximum atomic E-state index is 12.9. The van der Waals surface area contributed by atoms with E-state index >= 15 is 0 Å². The normalized spacial score (nSPS) is 11.4. The number of carbonyl (C=O) groups excluding carboxylic acids is 1. The summed E-state index contributed by atoms with van der Waals surface area (Å²) < 4.78 is 12.9. The van der Waals surface area contributed by atoms with Crippen LogP contribution in [0.5, 0.6) is 0 Å². The summed E-state index contributed by atoms with van der Waals surface area (Å²) in [6, 6.07) is 16.3. The fourth-order valence-electron chi connectivity index (χ4n) is 3.06. The van der Waals surface area contributed by atoms with E-state index in [9.17, 15) is 9.18 Å². The van der Waals surface area contributed by atoms with Crippen LogP contribution in [0.25, 0.3) is 27.9 Å². The van der Waals surface area contributed by atoms with E-state index in [2.05, 4.69) is 21.4 Å². The Kier molecular flexibility index (Phi) is 4.66. The summed E-state index contributed by atoms with van der Waals surface area (Å²) in [4.78, 5) is 19.7. The Labute approximate surface area is 155 Å². The first-order chi connectivity index (χ1) is 13.2. The number of halogens is 1. The molecular weight excluding hydrogens is 341 g/mol. The van der Waals surface area contributed by atoms with Gasteiger partial charge in [-0.05, 0) is 42.3 Å². The van der Waals surface area contributed by atoms with Crippen LogP contribution >= 0.6 is 0 Å². The third-order valence-corrected chi connectivity index (χ3v) is 4.44. The molecule has 0 unspecified atom stereocenters. The number of para-hydroxylation sites is 1. The third-order valence-electron chi connectivity index (χ3n) is 4.44. The highest BCUT2D eigenvalue weighted by atomic mass is 19.1. The standard InChI is InChI=1S/C22H18FN3O/c23-16-7-5-15(6-8-16)11-12-24-22(27)10-9-17-13-19-18-3-1-2-4-20(18)26-21(19)14-25-17/h1-10,13-14,26H,11-12H2,(H,24,27)/b10-9+. The van der Waals surface area contributed by atoms with Gasteiger partial charge in [-0.15, -0.1) is 0 Å². The molecule has 0 saturated heterocycles. The first-order valence-electron chi connectivity index (χ1n) is 8.76. The van der Waals surface area contributed by atoms with Crippen molar-refractivity contribution in [1.29, 1.82) is 0 Å². The monoisotopic (exact) mass is 359 g/mol. The van der Waals surface area contributed by atoms with Crippen molar-refractivity contribution in [3.8, 4) is 0 Å². The number of H-pyrrole nitrogens is 1. The van der Waals surface area contributed by atoms with Gasteiger partial charge in [-0.3, -0.25) is 9.78 Å². The molecule has 4 aromatic rings. The molecule has 0 aliphatic heterocycles. The van der Waals surface area contributed by atoms with Crippen LogP contribution in [0, 0.1) is 5.82 Å². The summed E-state index contributed by atoms with van der Waals surface area (Å²) >= 11 is 0. The number of benzene rings is 2. The number of hydrogen-bond acceptors (Lipinski definition) is 2. The van der Waals surface area contributed by atoms with Crippen LogP contribution in [0.3, 0.4) is 0 Å². The van der Waals surface area contributed by atoms with Gasteiger partial charge in [-0.25, -0.2) is 4.39 Å². The highest BCUT2D eigenvalue weighted by Crippen LogP contribution is 2.25. The quantitative estimate of drug-likeness (QED) is 0.524. The van der Waals surface area contributed by atoms with Crippen molar-refractivity contribution in [2.45, 2.75) is 6.42 Å². The number of fused-ring (bicyclic) bond motifs is 3. The van der Waals surface area contributed by atoms with Crippen molar-refractivity contribution in [2.75, 3.05) is 6.54 Å². The minimum Gasteiger partial charge on any atom is -0.353 e. The van der Waals surface area contributed by atoms with E-state index in [-0.39, 0.29) is 11.7 Å². The number of amides is 1. The third kappa shape index (κ3) is 3.87. The zero-order chi connectivity index (χ0) is 18.6. The smallest absolute Gasteiger partial charge is 0.244 e. The second-order valence-electron chi connectivity index (χ2n) is 6.33. The van der Waals surface area contributed by atoms with E-state index < -0.39 is 0 Å². The molecule has 134 valence electrons. The van der Waals surface area contributed by atoms with Crippen molar-refractivity contribution in [3.63, 3.8) is 0 Å². The van der Waals surface area contributed by atoms with Crippen molar-refractivity contribution in [2.24, 2.45) is 0 Å². The van der Waals surface area contributed by atoms with Gasteiger partial charge in [0.15, 0.2) is 0 Å². The lowest BCUT2D eigenvalue weighted by Gasteiger charge is -2.02. The molecule has 5 heteroatoms. The molecule has 0 atom stereocenters. The molecule has 0 aliphatic carbocycles. The maximum absolute atomic E-state index is 12.9. The fourth-order valence-corrected chi connectivity index (χ4v) is 3.06. The van der Waals surface area contributed by atoms with Gasteiger partial charge in [-0.2, -0.15) is 0 Å². The van der Waals surface area contributed by atoms with E-state index in [0.29, 0.717) is 13.0 Å². The Bertz CT molecular complexity index is 1130. The van der Waals surface area contributed by atoms with Gasteiger partial charge in [0.1, 0.15) is 5.82 Å². The first kappa shape index (κ1) is 17.0. The van der Waals surface area contributed by atoms with Crippen molar-refractivity contribution >= 4 is 33.8 Å². The van der Waals surface area contributed by atoms with Gasteiger partial charge in [0, 0.05) is 28.9 Å². The lowest BCUT2D eigenvalue weighted by molar-refractivity contribution is -0.116. The fraction of sp³-hybridized carbons (Fsp3) is 0.0909. The summed E-state index contributed by atoms with van der Waals surface area (Å²) in [6.07, 6.45) is 5.61. The van der Waals surface area contributed by atoms with Crippen LogP contribution in [0.1, 0.15) is 11.3 Å². The lowest BCUT2D eigenvalue weighted by atomic mass is 10.1. The summed E-state index contributed by atoms with van der Waals surface area (Å²) in [5.41, 5.74) is 3.74. The van der Waals surface area contributed by atoms with Crippen molar-refractivity contribution in [3.05, 3.63) is 83.9 Å². The number of aromatic nitrogens is 2. The summed E-state index contributed by atoms with van der Waals surface area (Å²) in [6.45, 7) is 0.490. The second kappa shape index (κ2) is 7.41. The zero-order valence-corrected chi connectivity index (χ0v) is 14.6. The Morgan fingerprint density at radius 3 is 2.74 bits per heavy atom. The average molecular weight is 359 g/mol. The van der Waals surface area contributed by atoms with Gasteiger partial charge < -0.3 is 10.3 Å². The number of aromatic amines is 1. The van der Waals surface area contributed by atoms with E-state index in [1.807, 2.05) is 24.3 Å². The number of hydrogen-bond donors (Lipinski definition) is 2. The molecule has 4 rings (SSSR count). The number of nitrogens with zero attached hydrogens (tertiary/aromatic N) is 1. The topological polar surface area (TPSA) is 57.8 Å². The minimum absolute atomic E-state index is 0.182. The van der Waals surface area contributed by atoms with E-state index in [4.69, 9.17) is 0 Å². The van der Waals surface area contributed by atoms with Gasteiger partial charge in [0.2, 0.25) is 5.91 Å². The first-order valence-corrected chi connectivity index (χ1v) is 8.76. The Balaban J connectivity index is 1.40. The highest BCUT2D eigenvalue weighted by molar-refractivity contribution is 6.07. The molecule has 0 bridgehead atoms. The number of nitrogens with one attached hydrogen (secondary N) is 2. The molecule has 4 nitrogen and oxygen atoms in total. The van der Waals surface area contributed by atoms with Crippen LogP contribution in [0.2, 0.25) is 0 Å². The molecule has 0 fully saturated rings. The number of pyridine rings is 1. The molecule has 0 spiro atoms. The molecular formula is C22H18FN3O. The molecule has 2 aromatic carbocycles.